The quantitative estimate of drug-likeness (QED) is 0.660. The Bertz CT molecular complexity index is 260. The maximum absolute atomic E-state index is 12.7. The van der Waals surface area contributed by atoms with E-state index in [1.54, 1.807) is 6.07 Å². The number of rotatable bonds is 1. The Kier molecular flexibility index (Phi) is 2.60. The zero-order chi connectivity index (χ0) is 8.43. The van der Waals surface area contributed by atoms with E-state index in [1.807, 2.05) is 13.8 Å². The van der Waals surface area contributed by atoms with Crippen LogP contribution in [0.4, 0.5) is 4.39 Å². The molecule has 0 fully saturated rings. The van der Waals surface area contributed by atoms with E-state index >= 15 is 0 Å². The zero-order valence-corrected chi connectivity index (χ0v) is 8.02. The summed E-state index contributed by atoms with van der Waals surface area (Å²) in [5, 5.41) is 0. The molecule has 0 aliphatic rings. The summed E-state index contributed by atoms with van der Waals surface area (Å²) in [5.74, 6) is 0.0290. The van der Waals surface area contributed by atoms with Gasteiger partial charge >= 0.3 is 0 Å². The lowest BCUT2D eigenvalue weighted by atomic mass is 10.1. The number of hydrogen-bond acceptors (Lipinski definition) is 1. The summed E-state index contributed by atoms with van der Waals surface area (Å²) in [6.45, 7) is 4.04. The predicted molar refractivity (Wildman–Crippen MR) is 46.0 cm³/mol. The minimum absolute atomic E-state index is 0.295. The van der Waals surface area contributed by atoms with Crippen LogP contribution in [0.2, 0.25) is 0 Å². The Morgan fingerprint density at radius 1 is 1.45 bits per heavy atom. The third kappa shape index (κ3) is 1.99. The molecule has 0 aliphatic heterocycles. The van der Waals surface area contributed by atoms with Crippen molar-refractivity contribution in [1.29, 1.82) is 0 Å². The lowest BCUT2D eigenvalue weighted by Crippen LogP contribution is -1.93. The molecule has 1 heterocycles. The summed E-state index contributed by atoms with van der Waals surface area (Å²) >= 11 is 3.03. The molecule has 11 heavy (non-hydrogen) atoms. The van der Waals surface area contributed by atoms with Gasteiger partial charge in [-0.25, -0.2) is 9.37 Å². The van der Waals surface area contributed by atoms with Gasteiger partial charge in [0.25, 0.3) is 0 Å². The molecule has 3 heteroatoms. The van der Waals surface area contributed by atoms with E-state index < -0.39 is 0 Å². The van der Waals surface area contributed by atoms with E-state index in [-0.39, 0.29) is 5.82 Å². The standard InChI is InChI=1S/C8H9BrFN/c1-5(2)7-4-3-6(10)8(9)11-7/h3-5H,1-2H3. The van der Waals surface area contributed by atoms with E-state index in [2.05, 4.69) is 20.9 Å². The van der Waals surface area contributed by atoms with Crippen molar-refractivity contribution in [1.82, 2.24) is 4.98 Å². The molecule has 1 aromatic rings. The summed E-state index contributed by atoms with van der Waals surface area (Å²) in [7, 11) is 0. The molecule has 0 spiro atoms. The SMILES string of the molecule is CC(C)c1ccc(F)c(Br)n1. The smallest absolute Gasteiger partial charge is 0.155 e. The Hall–Kier alpha value is -0.440. The van der Waals surface area contributed by atoms with Crippen LogP contribution in [0.5, 0.6) is 0 Å². The summed E-state index contributed by atoms with van der Waals surface area (Å²) < 4.78 is 12.9. The van der Waals surface area contributed by atoms with Gasteiger partial charge in [-0.05, 0) is 34.0 Å². The van der Waals surface area contributed by atoms with Gasteiger partial charge < -0.3 is 0 Å². The summed E-state index contributed by atoms with van der Waals surface area (Å²) in [6.07, 6.45) is 0. The van der Waals surface area contributed by atoms with Crippen LogP contribution in [0.15, 0.2) is 16.7 Å². The van der Waals surface area contributed by atoms with Crippen LogP contribution in [0, 0.1) is 5.82 Å². The van der Waals surface area contributed by atoms with E-state index in [4.69, 9.17) is 0 Å². The van der Waals surface area contributed by atoms with Crippen LogP contribution in [-0.2, 0) is 0 Å². The maximum atomic E-state index is 12.7. The fourth-order valence-corrected chi connectivity index (χ4v) is 1.09. The molecule has 0 amide bonds. The van der Waals surface area contributed by atoms with Crippen molar-refractivity contribution < 1.29 is 4.39 Å². The molecule has 0 aliphatic carbocycles. The molecule has 0 unspecified atom stereocenters. The Labute approximate surface area is 73.8 Å². The number of halogens is 2. The average molecular weight is 218 g/mol. The number of aromatic nitrogens is 1. The molecule has 0 bridgehead atoms. The zero-order valence-electron chi connectivity index (χ0n) is 6.44. The molecular weight excluding hydrogens is 209 g/mol. The first-order valence-corrected chi connectivity index (χ1v) is 4.22. The highest BCUT2D eigenvalue weighted by molar-refractivity contribution is 9.10. The molecule has 0 atom stereocenters. The van der Waals surface area contributed by atoms with Crippen molar-refractivity contribution in [2.24, 2.45) is 0 Å². The monoisotopic (exact) mass is 217 g/mol. The number of pyridine rings is 1. The van der Waals surface area contributed by atoms with Crippen molar-refractivity contribution >= 4 is 15.9 Å². The molecule has 1 nitrogen and oxygen atoms in total. The minimum atomic E-state index is -0.311. The second kappa shape index (κ2) is 3.30. The van der Waals surface area contributed by atoms with E-state index in [9.17, 15) is 4.39 Å². The summed E-state index contributed by atoms with van der Waals surface area (Å²) in [5.41, 5.74) is 0.901. The van der Waals surface area contributed by atoms with Gasteiger partial charge in [0.1, 0.15) is 4.60 Å². The van der Waals surface area contributed by atoms with Gasteiger partial charge in [-0.1, -0.05) is 13.8 Å². The first-order chi connectivity index (χ1) is 5.11. The molecule has 0 N–H and O–H groups in total. The van der Waals surface area contributed by atoms with E-state index in [0.717, 1.165) is 5.69 Å². The lowest BCUT2D eigenvalue weighted by Gasteiger charge is -2.03. The average Bonchev–Trinajstić information content (AvgIpc) is 1.94. The number of nitrogens with zero attached hydrogens (tertiary/aromatic N) is 1. The minimum Gasteiger partial charge on any atom is -0.243 e. The van der Waals surface area contributed by atoms with Crippen molar-refractivity contribution in [2.75, 3.05) is 0 Å². The fourth-order valence-electron chi connectivity index (χ4n) is 0.753. The summed E-state index contributed by atoms with van der Waals surface area (Å²) in [4.78, 5) is 4.01. The highest BCUT2D eigenvalue weighted by atomic mass is 79.9. The predicted octanol–water partition coefficient (Wildman–Crippen LogP) is 3.11. The lowest BCUT2D eigenvalue weighted by molar-refractivity contribution is 0.608. The Balaban J connectivity index is 3.05. The first kappa shape index (κ1) is 8.65. The molecule has 0 saturated carbocycles. The van der Waals surface area contributed by atoms with Crippen molar-refractivity contribution in [3.8, 4) is 0 Å². The summed E-state index contributed by atoms with van der Waals surface area (Å²) in [6, 6.07) is 3.12. The molecular formula is C8H9BrFN. The van der Waals surface area contributed by atoms with E-state index in [0.29, 0.717) is 10.5 Å². The Morgan fingerprint density at radius 3 is 2.55 bits per heavy atom. The maximum Gasteiger partial charge on any atom is 0.155 e. The molecule has 0 radical (unpaired) electrons. The topological polar surface area (TPSA) is 12.9 Å². The molecule has 1 rings (SSSR count). The van der Waals surface area contributed by atoms with Gasteiger partial charge in [0.2, 0.25) is 0 Å². The highest BCUT2D eigenvalue weighted by Crippen LogP contribution is 2.17. The second-order valence-corrected chi connectivity index (χ2v) is 3.41. The van der Waals surface area contributed by atoms with Crippen molar-refractivity contribution in [2.45, 2.75) is 19.8 Å². The fraction of sp³-hybridized carbons (Fsp3) is 0.375. The number of hydrogen-bond donors (Lipinski definition) is 0. The van der Waals surface area contributed by atoms with Gasteiger partial charge in [-0.2, -0.15) is 0 Å². The Morgan fingerprint density at radius 2 is 2.09 bits per heavy atom. The van der Waals surface area contributed by atoms with Crippen LogP contribution in [0.1, 0.15) is 25.5 Å². The first-order valence-electron chi connectivity index (χ1n) is 3.43. The molecule has 0 saturated heterocycles. The van der Waals surface area contributed by atoms with Gasteiger partial charge in [-0.15, -0.1) is 0 Å². The van der Waals surface area contributed by atoms with Gasteiger partial charge in [-0.3, -0.25) is 0 Å². The van der Waals surface area contributed by atoms with Gasteiger partial charge in [0.15, 0.2) is 5.82 Å². The van der Waals surface area contributed by atoms with Crippen LogP contribution >= 0.6 is 15.9 Å². The van der Waals surface area contributed by atoms with Crippen LogP contribution in [0.3, 0.4) is 0 Å². The van der Waals surface area contributed by atoms with Crippen molar-refractivity contribution in [3.63, 3.8) is 0 Å². The molecule has 0 aromatic carbocycles. The second-order valence-electron chi connectivity index (χ2n) is 2.66. The van der Waals surface area contributed by atoms with Crippen LogP contribution in [-0.4, -0.2) is 4.98 Å². The highest BCUT2D eigenvalue weighted by Gasteiger charge is 2.04. The van der Waals surface area contributed by atoms with Crippen molar-refractivity contribution in [3.05, 3.63) is 28.2 Å². The van der Waals surface area contributed by atoms with Crippen LogP contribution in [0.25, 0.3) is 0 Å². The molecule has 60 valence electrons. The van der Waals surface area contributed by atoms with E-state index in [1.165, 1.54) is 6.07 Å². The third-order valence-corrected chi connectivity index (χ3v) is 1.97. The normalized spacial score (nSPS) is 10.6. The van der Waals surface area contributed by atoms with Gasteiger partial charge in [0, 0.05) is 5.69 Å². The largest absolute Gasteiger partial charge is 0.243 e. The van der Waals surface area contributed by atoms with Crippen LogP contribution < -0.4 is 0 Å². The molecule has 1 aromatic heterocycles. The van der Waals surface area contributed by atoms with Gasteiger partial charge in [0.05, 0.1) is 0 Å². The third-order valence-electron chi connectivity index (χ3n) is 1.42.